The van der Waals surface area contributed by atoms with Gasteiger partial charge in [-0.15, -0.1) is 0 Å². The van der Waals surface area contributed by atoms with Gasteiger partial charge < -0.3 is 14.8 Å². The maximum atomic E-state index is 12.7. The summed E-state index contributed by atoms with van der Waals surface area (Å²) in [5, 5.41) is 9.60. The number of hydrogen-bond donors (Lipinski definition) is 1. The lowest BCUT2D eigenvalue weighted by molar-refractivity contribution is -0.144. The van der Waals surface area contributed by atoms with E-state index in [-0.39, 0.29) is 17.8 Å². The third-order valence-electron chi connectivity index (χ3n) is 5.94. The van der Waals surface area contributed by atoms with Crippen molar-refractivity contribution in [2.24, 2.45) is 11.0 Å². The highest BCUT2D eigenvalue weighted by atomic mass is 16.5. The Hall–Kier alpha value is -3.35. The average Bonchev–Trinajstić information content (AvgIpc) is 2.83. The second kappa shape index (κ2) is 11.0. The Morgan fingerprint density at radius 3 is 2.70 bits per heavy atom. The molecule has 0 spiro atoms. The first-order chi connectivity index (χ1) is 16.1. The summed E-state index contributed by atoms with van der Waals surface area (Å²) in [6.45, 7) is 4.69. The molecule has 4 rings (SSSR count). The fourth-order valence-electron chi connectivity index (χ4n) is 4.19. The van der Waals surface area contributed by atoms with Gasteiger partial charge in [0.25, 0.3) is 5.91 Å². The molecule has 1 N–H and O–H groups in total. The Labute approximate surface area is 194 Å². The number of ether oxygens (including phenoxy) is 2. The molecular weight excluding hydrogens is 418 g/mol. The van der Waals surface area contributed by atoms with Crippen LogP contribution in [0.2, 0.25) is 0 Å². The molecule has 2 aromatic carbocycles. The number of hydrogen-bond acceptors (Lipinski definition) is 6. The highest BCUT2D eigenvalue weighted by Crippen LogP contribution is 2.31. The van der Waals surface area contributed by atoms with Crippen LogP contribution in [-0.2, 0) is 16.0 Å². The minimum Gasteiger partial charge on any atom is -0.493 e. The zero-order chi connectivity index (χ0) is 23.0. The van der Waals surface area contributed by atoms with E-state index in [4.69, 9.17) is 9.47 Å². The van der Waals surface area contributed by atoms with E-state index in [0.29, 0.717) is 37.3 Å². The molecule has 7 nitrogen and oxygen atoms in total. The lowest BCUT2D eigenvalue weighted by Gasteiger charge is -2.25. The first-order valence-electron chi connectivity index (χ1n) is 11.7. The number of carbonyl (C=O) groups is 2. The number of hydrazone groups is 1. The molecule has 2 aromatic rings. The molecule has 0 aromatic heterocycles. The lowest BCUT2D eigenvalue weighted by Crippen LogP contribution is -2.24. The largest absolute Gasteiger partial charge is 0.493 e. The molecule has 1 fully saturated rings. The second-order valence-corrected chi connectivity index (χ2v) is 8.55. The molecule has 0 bridgehead atoms. The SMILES string of the molecule is CCOC(=O)CC1COc2ccc(NC(=O)c3ccc(/C=N/N4CCCCC4)cc3)cc2C1. The van der Waals surface area contributed by atoms with Gasteiger partial charge in [0.1, 0.15) is 5.75 Å². The predicted molar refractivity (Wildman–Crippen MR) is 128 cm³/mol. The van der Waals surface area contributed by atoms with Gasteiger partial charge in [-0.05, 0) is 74.1 Å². The Balaban J connectivity index is 1.35. The number of nitrogens with zero attached hydrogens (tertiary/aromatic N) is 2. The van der Waals surface area contributed by atoms with Gasteiger partial charge in [0.15, 0.2) is 0 Å². The highest BCUT2D eigenvalue weighted by molar-refractivity contribution is 6.04. The van der Waals surface area contributed by atoms with E-state index in [1.165, 1.54) is 19.3 Å². The fraction of sp³-hybridized carbons (Fsp3) is 0.423. The number of fused-ring (bicyclic) bond motifs is 1. The maximum absolute atomic E-state index is 12.7. The Kier molecular flexibility index (Phi) is 7.60. The van der Waals surface area contributed by atoms with Crippen LogP contribution in [0.1, 0.15) is 54.1 Å². The van der Waals surface area contributed by atoms with Crippen LogP contribution < -0.4 is 10.1 Å². The third kappa shape index (κ3) is 6.34. The van der Waals surface area contributed by atoms with Crippen molar-refractivity contribution in [2.45, 2.75) is 39.0 Å². The lowest BCUT2D eigenvalue weighted by atomic mass is 9.93. The number of anilines is 1. The van der Waals surface area contributed by atoms with E-state index < -0.39 is 0 Å². The van der Waals surface area contributed by atoms with Crippen molar-refractivity contribution in [1.29, 1.82) is 0 Å². The van der Waals surface area contributed by atoms with Crippen LogP contribution in [0.5, 0.6) is 5.75 Å². The van der Waals surface area contributed by atoms with E-state index in [0.717, 1.165) is 30.0 Å². The monoisotopic (exact) mass is 449 g/mol. The van der Waals surface area contributed by atoms with Crippen molar-refractivity contribution in [3.8, 4) is 5.75 Å². The zero-order valence-electron chi connectivity index (χ0n) is 19.1. The summed E-state index contributed by atoms with van der Waals surface area (Å²) in [5.41, 5.74) is 3.24. The molecule has 1 unspecified atom stereocenters. The van der Waals surface area contributed by atoms with Crippen molar-refractivity contribution in [1.82, 2.24) is 5.01 Å². The van der Waals surface area contributed by atoms with Crippen LogP contribution in [0.3, 0.4) is 0 Å². The maximum Gasteiger partial charge on any atom is 0.306 e. The number of benzene rings is 2. The summed E-state index contributed by atoms with van der Waals surface area (Å²) in [6.07, 6.45) is 6.55. The molecule has 7 heteroatoms. The molecule has 0 aliphatic carbocycles. The van der Waals surface area contributed by atoms with Crippen LogP contribution >= 0.6 is 0 Å². The summed E-state index contributed by atoms with van der Waals surface area (Å²) in [4.78, 5) is 24.5. The number of carbonyl (C=O) groups excluding carboxylic acids is 2. The van der Waals surface area contributed by atoms with Crippen LogP contribution in [0, 0.1) is 5.92 Å². The predicted octanol–water partition coefficient (Wildman–Crippen LogP) is 4.26. The molecule has 174 valence electrons. The Morgan fingerprint density at radius 1 is 1.15 bits per heavy atom. The molecule has 1 amide bonds. The molecule has 1 saturated heterocycles. The minimum absolute atomic E-state index is 0.0710. The molecule has 0 saturated carbocycles. The van der Waals surface area contributed by atoms with E-state index in [2.05, 4.69) is 15.4 Å². The van der Waals surface area contributed by atoms with E-state index in [1.54, 1.807) is 6.92 Å². The van der Waals surface area contributed by atoms with Gasteiger partial charge in [-0.1, -0.05) is 12.1 Å². The van der Waals surface area contributed by atoms with Crippen molar-refractivity contribution in [3.63, 3.8) is 0 Å². The Morgan fingerprint density at radius 2 is 1.94 bits per heavy atom. The molecule has 0 radical (unpaired) electrons. The summed E-state index contributed by atoms with van der Waals surface area (Å²) in [7, 11) is 0. The molecule has 2 aliphatic heterocycles. The highest BCUT2D eigenvalue weighted by Gasteiger charge is 2.23. The van der Waals surface area contributed by atoms with Gasteiger partial charge in [0.2, 0.25) is 0 Å². The van der Waals surface area contributed by atoms with Crippen LogP contribution in [0.25, 0.3) is 0 Å². The standard InChI is InChI=1S/C26H31N3O4/c1-2-32-25(30)15-20-14-22-16-23(10-11-24(22)33-18-20)28-26(31)21-8-6-19(7-9-21)17-27-29-12-4-3-5-13-29/h6-11,16-17,20H,2-5,12-15,18H2,1H3,(H,28,31)/b27-17+. The number of nitrogens with one attached hydrogen (secondary N) is 1. The van der Waals surface area contributed by atoms with Gasteiger partial charge >= 0.3 is 5.97 Å². The summed E-state index contributed by atoms with van der Waals surface area (Å²) < 4.78 is 10.9. The van der Waals surface area contributed by atoms with Crippen LogP contribution in [-0.4, -0.2) is 49.4 Å². The number of esters is 1. The quantitative estimate of drug-likeness (QED) is 0.505. The zero-order valence-corrected chi connectivity index (χ0v) is 19.1. The van der Waals surface area contributed by atoms with E-state index in [9.17, 15) is 9.59 Å². The first kappa shape index (κ1) is 22.8. The first-order valence-corrected chi connectivity index (χ1v) is 11.7. The third-order valence-corrected chi connectivity index (χ3v) is 5.94. The Bertz CT molecular complexity index is 997. The number of amides is 1. The van der Waals surface area contributed by atoms with Crippen molar-refractivity contribution < 1.29 is 19.1 Å². The van der Waals surface area contributed by atoms with Gasteiger partial charge in [0.05, 0.1) is 25.8 Å². The van der Waals surface area contributed by atoms with Gasteiger partial charge in [-0.3, -0.25) is 14.6 Å². The van der Waals surface area contributed by atoms with Crippen molar-refractivity contribution in [2.75, 3.05) is 31.6 Å². The van der Waals surface area contributed by atoms with Gasteiger partial charge in [-0.2, -0.15) is 5.10 Å². The summed E-state index contributed by atoms with van der Waals surface area (Å²) in [5.74, 6) is 0.491. The molecular formula is C26H31N3O4. The smallest absolute Gasteiger partial charge is 0.306 e. The van der Waals surface area contributed by atoms with E-state index >= 15 is 0 Å². The minimum atomic E-state index is -0.205. The van der Waals surface area contributed by atoms with Crippen LogP contribution in [0.15, 0.2) is 47.6 Å². The number of piperidine rings is 1. The molecule has 2 aliphatic rings. The number of rotatable bonds is 7. The van der Waals surface area contributed by atoms with Crippen LogP contribution in [0.4, 0.5) is 5.69 Å². The molecule has 2 heterocycles. The van der Waals surface area contributed by atoms with E-state index in [1.807, 2.05) is 48.7 Å². The average molecular weight is 450 g/mol. The second-order valence-electron chi connectivity index (χ2n) is 8.55. The van der Waals surface area contributed by atoms with Crippen molar-refractivity contribution >= 4 is 23.8 Å². The normalized spacial score (nSPS) is 17.8. The molecule has 33 heavy (non-hydrogen) atoms. The topological polar surface area (TPSA) is 80.2 Å². The van der Waals surface area contributed by atoms with Crippen molar-refractivity contribution in [3.05, 3.63) is 59.2 Å². The van der Waals surface area contributed by atoms with Gasteiger partial charge in [-0.25, -0.2) is 0 Å². The summed E-state index contributed by atoms with van der Waals surface area (Å²) in [6, 6.07) is 13.1. The van der Waals surface area contributed by atoms with Gasteiger partial charge in [0, 0.05) is 30.3 Å². The summed E-state index contributed by atoms with van der Waals surface area (Å²) >= 11 is 0. The molecule has 1 atom stereocenters. The fourth-order valence-corrected chi connectivity index (χ4v) is 4.19.